The molecule has 0 radical (unpaired) electrons. The van der Waals surface area contributed by atoms with Crippen molar-refractivity contribution in [1.82, 2.24) is 0 Å². The first-order valence-corrected chi connectivity index (χ1v) is 23.8. The van der Waals surface area contributed by atoms with Crippen molar-refractivity contribution in [2.75, 3.05) is 4.90 Å². The Labute approximate surface area is 390 Å². The molecule has 11 rings (SSSR count). The van der Waals surface area contributed by atoms with Crippen LogP contribution in [-0.2, 0) is 10.8 Å². The molecule has 0 amide bonds. The van der Waals surface area contributed by atoms with E-state index in [0.717, 1.165) is 0 Å². The highest BCUT2D eigenvalue weighted by molar-refractivity contribution is 8.00. The molecule has 0 spiro atoms. The van der Waals surface area contributed by atoms with Gasteiger partial charge in [0.05, 0.1) is 5.69 Å². The molecule has 1 nitrogen and oxygen atoms in total. The smallest absolute Gasteiger partial charge is 0.249 e. The molecular formula is C62H52BNS. The van der Waals surface area contributed by atoms with Crippen LogP contribution in [0.4, 0.5) is 17.1 Å². The van der Waals surface area contributed by atoms with E-state index in [1.54, 1.807) is 0 Å². The van der Waals surface area contributed by atoms with Crippen molar-refractivity contribution in [3.63, 3.8) is 0 Å². The molecule has 0 aromatic heterocycles. The van der Waals surface area contributed by atoms with Gasteiger partial charge < -0.3 is 4.90 Å². The lowest BCUT2D eigenvalue weighted by atomic mass is 9.34. The fourth-order valence-electron chi connectivity index (χ4n) is 9.93. The molecule has 0 N–H and O–H groups in total. The van der Waals surface area contributed by atoms with E-state index in [-0.39, 0.29) is 17.5 Å². The highest BCUT2D eigenvalue weighted by Crippen LogP contribution is 2.50. The lowest BCUT2D eigenvalue weighted by molar-refractivity contribution is 0.569. The van der Waals surface area contributed by atoms with Gasteiger partial charge in [-0.25, -0.2) is 0 Å². The van der Waals surface area contributed by atoms with Crippen molar-refractivity contribution in [2.24, 2.45) is 0 Å². The highest BCUT2D eigenvalue weighted by atomic mass is 32.2. The molecule has 0 saturated heterocycles. The Morgan fingerprint density at radius 1 is 0.354 bits per heavy atom. The molecule has 2 heterocycles. The van der Waals surface area contributed by atoms with Crippen molar-refractivity contribution in [2.45, 2.75) is 62.2 Å². The summed E-state index contributed by atoms with van der Waals surface area (Å²) in [6.07, 6.45) is 0. The van der Waals surface area contributed by atoms with Gasteiger partial charge >= 0.3 is 0 Å². The third-order valence-corrected chi connectivity index (χ3v) is 14.6. The number of rotatable bonds is 6. The Morgan fingerprint density at radius 3 is 1.35 bits per heavy atom. The van der Waals surface area contributed by atoms with Gasteiger partial charge in [0.25, 0.3) is 0 Å². The SMILES string of the molecule is CC(C)(C)c1cc(-c2cc3c4c(c2)N(c2c(-c5ccccc5)cccc2-c2ccccc2)c2ccc(-c5ccccc5)cc2B4c2cc(-c4ccccc4)ccc2S3)cc(C(C)(C)C)c1. The molecule has 0 aliphatic carbocycles. The van der Waals surface area contributed by atoms with Crippen molar-refractivity contribution in [3.8, 4) is 55.6 Å². The molecule has 2 aliphatic rings. The number of para-hydroxylation sites is 1. The van der Waals surface area contributed by atoms with Gasteiger partial charge in [-0.15, -0.1) is 0 Å². The zero-order valence-corrected chi connectivity index (χ0v) is 38.9. The number of anilines is 3. The molecule has 3 heteroatoms. The maximum absolute atomic E-state index is 2.64. The lowest BCUT2D eigenvalue weighted by Gasteiger charge is -2.42. The highest BCUT2D eigenvalue weighted by Gasteiger charge is 2.43. The second-order valence-electron chi connectivity index (χ2n) is 19.8. The Hall–Kier alpha value is -6.81. The Balaban J connectivity index is 1.27. The average molecular weight is 854 g/mol. The summed E-state index contributed by atoms with van der Waals surface area (Å²) in [6.45, 7) is 14.0. The van der Waals surface area contributed by atoms with Crippen LogP contribution in [0.3, 0.4) is 0 Å². The molecule has 2 aliphatic heterocycles. The maximum atomic E-state index is 2.64. The van der Waals surface area contributed by atoms with Gasteiger partial charge in [0.2, 0.25) is 6.71 Å². The van der Waals surface area contributed by atoms with Gasteiger partial charge in [-0.2, -0.15) is 0 Å². The second kappa shape index (κ2) is 16.0. The monoisotopic (exact) mass is 853 g/mol. The normalized spacial score (nSPS) is 13.0. The van der Waals surface area contributed by atoms with Crippen LogP contribution in [0.15, 0.2) is 216 Å². The zero-order chi connectivity index (χ0) is 44.5. The molecule has 9 aromatic rings. The molecule has 65 heavy (non-hydrogen) atoms. The largest absolute Gasteiger partial charge is 0.310 e. The summed E-state index contributed by atoms with van der Waals surface area (Å²) in [5.41, 5.74) is 22.5. The van der Waals surface area contributed by atoms with Crippen LogP contribution >= 0.6 is 11.8 Å². The minimum atomic E-state index is -0.0195. The Morgan fingerprint density at radius 2 is 0.831 bits per heavy atom. The molecule has 0 saturated carbocycles. The first kappa shape index (κ1) is 40.9. The Kier molecular flexibility index (Phi) is 10.1. The Bertz CT molecular complexity index is 3150. The number of hydrogen-bond donors (Lipinski definition) is 0. The average Bonchev–Trinajstić information content (AvgIpc) is 3.33. The first-order chi connectivity index (χ1) is 31.5. The molecular weight excluding hydrogens is 802 g/mol. The summed E-state index contributed by atoms with van der Waals surface area (Å²) in [5, 5.41) is 0. The van der Waals surface area contributed by atoms with Crippen LogP contribution in [-0.4, -0.2) is 6.71 Å². The van der Waals surface area contributed by atoms with E-state index in [9.17, 15) is 0 Å². The van der Waals surface area contributed by atoms with Gasteiger partial charge in [-0.05, 0) is 102 Å². The van der Waals surface area contributed by atoms with E-state index >= 15 is 0 Å². The summed E-state index contributed by atoms with van der Waals surface area (Å²) < 4.78 is 0. The van der Waals surface area contributed by atoms with Gasteiger partial charge in [0, 0.05) is 32.3 Å². The van der Waals surface area contributed by atoms with Gasteiger partial charge in [0.1, 0.15) is 0 Å². The van der Waals surface area contributed by atoms with E-state index in [1.165, 1.54) is 110 Å². The minimum absolute atomic E-state index is 0.000942. The van der Waals surface area contributed by atoms with Crippen LogP contribution in [0, 0.1) is 0 Å². The van der Waals surface area contributed by atoms with E-state index in [0.29, 0.717) is 0 Å². The van der Waals surface area contributed by atoms with Crippen LogP contribution < -0.4 is 21.3 Å². The quantitative estimate of drug-likeness (QED) is 0.153. The predicted molar refractivity (Wildman–Crippen MR) is 281 cm³/mol. The number of nitrogens with zero attached hydrogens (tertiary/aromatic N) is 1. The van der Waals surface area contributed by atoms with Crippen LogP contribution in [0.25, 0.3) is 55.6 Å². The van der Waals surface area contributed by atoms with Gasteiger partial charge in [0.15, 0.2) is 0 Å². The topological polar surface area (TPSA) is 3.24 Å². The summed E-state index contributed by atoms with van der Waals surface area (Å²) in [4.78, 5) is 5.25. The summed E-state index contributed by atoms with van der Waals surface area (Å²) in [5.74, 6) is 0. The van der Waals surface area contributed by atoms with Crippen LogP contribution in [0.1, 0.15) is 52.7 Å². The van der Waals surface area contributed by atoms with E-state index in [4.69, 9.17) is 0 Å². The van der Waals surface area contributed by atoms with E-state index in [2.05, 4.69) is 253 Å². The third-order valence-electron chi connectivity index (χ3n) is 13.4. The van der Waals surface area contributed by atoms with Crippen LogP contribution in [0.5, 0.6) is 0 Å². The number of benzene rings is 9. The van der Waals surface area contributed by atoms with Gasteiger partial charge in [-0.1, -0.05) is 241 Å². The zero-order valence-electron chi connectivity index (χ0n) is 38.1. The van der Waals surface area contributed by atoms with Crippen molar-refractivity contribution < 1.29 is 0 Å². The predicted octanol–water partition coefficient (Wildman–Crippen LogP) is 15.4. The summed E-state index contributed by atoms with van der Waals surface area (Å²) in [7, 11) is 0. The molecule has 0 fully saturated rings. The first-order valence-electron chi connectivity index (χ1n) is 22.9. The van der Waals surface area contributed by atoms with Crippen LogP contribution in [0.2, 0.25) is 0 Å². The molecule has 0 bridgehead atoms. The fraction of sp³-hybridized carbons (Fsp3) is 0.129. The maximum Gasteiger partial charge on any atom is 0.249 e. The van der Waals surface area contributed by atoms with E-state index in [1.807, 2.05) is 11.8 Å². The number of fused-ring (bicyclic) bond motifs is 4. The van der Waals surface area contributed by atoms with Gasteiger partial charge in [-0.3, -0.25) is 0 Å². The van der Waals surface area contributed by atoms with Crippen molar-refractivity contribution >= 4 is 51.9 Å². The van der Waals surface area contributed by atoms with Crippen molar-refractivity contribution in [3.05, 3.63) is 217 Å². The van der Waals surface area contributed by atoms with E-state index < -0.39 is 0 Å². The molecule has 0 atom stereocenters. The summed E-state index contributed by atoms with van der Waals surface area (Å²) >= 11 is 1.93. The standard InChI is InChI=1S/C62H52BNS/c1-61(2,3)49-34-47(35-50(40-49)62(4,5)6)48-38-56-59-58(39-48)65-57-33-31-46(42-22-13-8-14-23-42)37-54(57)63(59)53-36-45(41-20-11-7-12-21-41)30-32-55(53)64(56)60-51(43-24-15-9-16-25-43)28-19-29-52(60)44-26-17-10-18-27-44/h7-40H,1-6H3. The number of hydrogen-bond acceptors (Lipinski definition) is 2. The fourth-order valence-corrected chi connectivity index (χ4v) is 11.1. The second-order valence-corrected chi connectivity index (χ2v) is 20.9. The molecule has 0 unspecified atom stereocenters. The lowest BCUT2D eigenvalue weighted by Crippen LogP contribution is -2.60. The molecule has 9 aromatic carbocycles. The minimum Gasteiger partial charge on any atom is -0.310 e. The van der Waals surface area contributed by atoms with Crippen molar-refractivity contribution in [1.29, 1.82) is 0 Å². The molecule has 314 valence electrons. The summed E-state index contributed by atoms with van der Waals surface area (Å²) in [6, 6.07) is 77.3. The third kappa shape index (κ3) is 7.42.